The van der Waals surface area contributed by atoms with Crippen LogP contribution >= 0.6 is 0 Å². The molecule has 4 rings (SSSR count). The highest BCUT2D eigenvalue weighted by molar-refractivity contribution is 5.93. The van der Waals surface area contributed by atoms with Gasteiger partial charge in [-0.1, -0.05) is 12.0 Å². The number of methoxy groups -OCH3 is 1. The molecule has 1 aliphatic heterocycles. The van der Waals surface area contributed by atoms with Crippen molar-refractivity contribution in [2.75, 3.05) is 32.1 Å². The summed E-state index contributed by atoms with van der Waals surface area (Å²) in [7, 11) is 1.57. The molecule has 0 unspecified atom stereocenters. The Bertz CT molecular complexity index is 1160. The summed E-state index contributed by atoms with van der Waals surface area (Å²) in [6, 6.07) is 11.1. The fraction of sp³-hybridized carbons (Fsp3) is 0.261. The number of aromatic nitrogens is 2. The number of nitrogens with zero attached hydrogens (tertiary/aromatic N) is 3. The molecule has 1 N–H and O–H groups in total. The molecule has 1 aromatic heterocycles. The van der Waals surface area contributed by atoms with E-state index in [9.17, 15) is 4.79 Å². The molecule has 2 heterocycles. The summed E-state index contributed by atoms with van der Waals surface area (Å²) in [5, 5.41) is 4.05. The van der Waals surface area contributed by atoms with Gasteiger partial charge >= 0.3 is 6.09 Å². The van der Waals surface area contributed by atoms with Crippen molar-refractivity contribution in [3.63, 3.8) is 0 Å². The van der Waals surface area contributed by atoms with Crippen LogP contribution in [0.3, 0.4) is 0 Å². The quantitative estimate of drug-likeness (QED) is 0.587. The second kappa shape index (κ2) is 8.79. The van der Waals surface area contributed by atoms with Gasteiger partial charge in [0.05, 0.1) is 25.7 Å². The van der Waals surface area contributed by atoms with Crippen molar-refractivity contribution in [3.8, 4) is 23.8 Å². The third kappa shape index (κ3) is 4.46. The Kier molecular flexibility index (Phi) is 5.76. The van der Waals surface area contributed by atoms with E-state index < -0.39 is 0 Å². The van der Waals surface area contributed by atoms with Gasteiger partial charge < -0.3 is 24.4 Å². The molecule has 0 radical (unpaired) electrons. The number of hydrogen-bond donors (Lipinski definition) is 1. The topological polar surface area (TPSA) is 85.8 Å². The molecule has 1 amide bonds. The number of fused-ring (bicyclic) bond motifs is 1. The molecule has 2 aromatic carbocycles. The maximum absolute atomic E-state index is 11.8. The Morgan fingerprint density at radius 2 is 2.16 bits per heavy atom. The van der Waals surface area contributed by atoms with Crippen LogP contribution in [0.1, 0.15) is 12.5 Å². The standard InChI is InChI=1S/C23H22N4O4/c1-4-16-6-5-7-17(10-16)26-22-18-11-21(20(29-3)12-19(18)24-14-25-22)30-9-8-27-13-15(2)31-23(27)28/h1,5-7,10-12,14-15H,8-9,13H2,2-3H3,(H,24,25,26)/t15-/m0/s1. The van der Waals surface area contributed by atoms with Gasteiger partial charge in [-0.3, -0.25) is 0 Å². The van der Waals surface area contributed by atoms with Crippen LogP contribution in [0.5, 0.6) is 11.5 Å². The number of amides is 1. The molecule has 0 saturated carbocycles. The molecule has 0 spiro atoms. The average molecular weight is 418 g/mol. The van der Waals surface area contributed by atoms with Crippen LogP contribution in [0.2, 0.25) is 0 Å². The van der Waals surface area contributed by atoms with Gasteiger partial charge in [-0.15, -0.1) is 6.42 Å². The largest absolute Gasteiger partial charge is 0.493 e. The van der Waals surface area contributed by atoms with Crippen LogP contribution < -0.4 is 14.8 Å². The maximum Gasteiger partial charge on any atom is 0.410 e. The van der Waals surface area contributed by atoms with E-state index in [4.69, 9.17) is 20.6 Å². The fourth-order valence-electron chi connectivity index (χ4n) is 3.38. The van der Waals surface area contributed by atoms with Gasteiger partial charge in [0.25, 0.3) is 0 Å². The minimum atomic E-state index is -0.323. The molecule has 1 saturated heterocycles. The first-order chi connectivity index (χ1) is 15.1. The molecule has 0 aliphatic carbocycles. The Morgan fingerprint density at radius 3 is 2.90 bits per heavy atom. The smallest absolute Gasteiger partial charge is 0.410 e. The summed E-state index contributed by atoms with van der Waals surface area (Å²) in [6.07, 6.45) is 6.54. The number of terminal acetylenes is 1. The predicted octanol–water partition coefficient (Wildman–Crippen LogP) is 3.58. The van der Waals surface area contributed by atoms with Gasteiger partial charge in [0, 0.05) is 22.7 Å². The summed E-state index contributed by atoms with van der Waals surface area (Å²) in [5.74, 6) is 4.31. The SMILES string of the molecule is C#Cc1cccc(Nc2ncnc3cc(OC)c(OCCN4C[C@H](C)OC4=O)cc23)c1. The second-order valence-electron chi connectivity index (χ2n) is 7.08. The third-order valence-electron chi connectivity index (χ3n) is 4.87. The number of ether oxygens (including phenoxy) is 3. The summed E-state index contributed by atoms with van der Waals surface area (Å²) in [4.78, 5) is 22.1. The molecule has 1 aliphatic rings. The Morgan fingerprint density at radius 1 is 1.29 bits per heavy atom. The van der Waals surface area contributed by atoms with Crippen molar-refractivity contribution >= 4 is 28.5 Å². The molecular weight excluding hydrogens is 396 g/mol. The number of rotatable bonds is 7. The maximum atomic E-state index is 11.8. The monoisotopic (exact) mass is 418 g/mol. The molecule has 158 valence electrons. The average Bonchev–Trinajstić information content (AvgIpc) is 3.10. The van der Waals surface area contributed by atoms with Crippen molar-refractivity contribution in [2.24, 2.45) is 0 Å². The Labute approximate surface area is 180 Å². The lowest BCUT2D eigenvalue weighted by Gasteiger charge is -2.16. The van der Waals surface area contributed by atoms with E-state index in [1.54, 1.807) is 18.1 Å². The van der Waals surface area contributed by atoms with Crippen LogP contribution in [0.4, 0.5) is 16.3 Å². The Hall–Kier alpha value is -3.99. The summed E-state index contributed by atoms with van der Waals surface area (Å²) >= 11 is 0. The van der Waals surface area contributed by atoms with Crippen molar-refractivity contribution in [1.29, 1.82) is 0 Å². The van der Waals surface area contributed by atoms with E-state index in [1.165, 1.54) is 6.33 Å². The number of anilines is 2. The van der Waals surface area contributed by atoms with E-state index in [-0.39, 0.29) is 12.2 Å². The number of carbonyl (C=O) groups is 1. The molecule has 3 aromatic rings. The van der Waals surface area contributed by atoms with E-state index in [0.717, 1.165) is 16.6 Å². The highest BCUT2D eigenvalue weighted by atomic mass is 16.6. The fourth-order valence-corrected chi connectivity index (χ4v) is 3.38. The second-order valence-corrected chi connectivity index (χ2v) is 7.08. The number of hydrogen-bond acceptors (Lipinski definition) is 7. The van der Waals surface area contributed by atoms with E-state index >= 15 is 0 Å². The van der Waals surface area contributed by atoms with Gasteiger partial charge in [0.15, 0.2) is 11.5 Å². The van der Waals surface area contributed by atoms with Crippen LogP contribution in [0.15, 0.2) is 42.7 Å². The summed E-state index contributed by atoms with van der Waals surface area (Å²) in [5.41, 5.74) is 2.28. The summed E-state index contributed by atoms with van der Waals surface area (Å²) in [6.45, 7) is 3.12. The molecule has 1 atom stereocenters. The summed E-state index contributed by atoms with van der Waals surface area (Å²) < 4.78 is 16.5. The van der Waals surface area contributed by atoms with E-state index in [0.29, 0.717) is 42.5 Å². The molecule has 31 heavy (non-hydrogen) atoms. The lowest BCUT2D eigenvalue weighted by atomic mass is 10.2. The number of cyclic esters (lactones) is 1. The zero-order valence-corrected chi connectivity index (χ0v) is 17.3. The van der Waals surface area contributed by atoms with Gasteiger partial charge in [-0.05, 0) is 31.2 Å². The molecule has 8 nitrogen and oxygen atoms in total. The third-order valence-corrected chi connectivity index (χ3v) is 4.87. The van der Waals surface area contributed by atoms with Gasteiger partial charge in [-0.2, -0.15) is 0 Å². The number of nitrogens with one attached hydrogen (secondary N) is 1. The van der Waals surface area contributed by atoms with Crippen LogP contribution in [-0.2, 0) is 4.74 Å². The van der Waals surface area contributed by atoms with Crippen molar-refractivity contribution in [3.05, 3.63) is 48.3 Å². The first-order valence-electron chi connectivity index (χ1n) is 9.82. The number of benzene rings is 2. The minimum Gasteiger partial charge on any atom is -0.493 e. The highest BCUT2D eigenvalue weighted by Gasteiger charge is 2.27. The van der Waals surface area contributed by atoms with Crippen LogP contribution in [0, 0.1) is 12.3 Å². The number of carbonyl (C=O) groups excluding carboxylic acids is 1. The molecule has 8 heteroatoms. The van der Waals surface area contributed by atoms with Crippen LogP contribution in [0.25, 0.3) is 10.9 Å². The van der Waals surface area contributed by atoms with Crippen molar-refractivity contribution in [1.82, 2.24) is 14.9 Å². The van der Waals surface area contributed by atoms with E-state index in [1.807, 2.05) is 37.3 Å². The zero-order chi connectivity index (χ0) is 21.8. The lowest BCUT2D eigenvalue weighted by molar-refractivity contribution is 0.135. The highest BCUT2D eigenvalue weighted by Crippen LogP contribution is 2.34. The molecular formula is C23H22N4O4. The van der Waals surface area contributed by atoms with Crippen molar-refractivity contribution in [2.45, 2.75) is 13.0 Å². The van der Waals surface area contributed by atoms with Crippen molar-refractivity contribution < 1.29 is 19.0 Å². The predicted molar refractivity (Wildman–Crippen MR) is 117 cm³/mol. The van der Waals surface area contributed by atoms with Gasteiger partial charge in [0.2, 0.25) is 0 Å². The lowest BCUT2D eigenvalue weighted by Crippen LogP contribution is -2.29. The van der Waals surface area contributed by atoms with Gasteiger partial charge in [-0.25, -0.2) is 14.8 Å². The normalized spacial score (nSPS) is 15.5. The Balaban J connectivity index is 1.57. The first kappa shape index (κ1) is 20.3. The van der Waals surface area contributed by atoms with Crippen LogP contribution in [-0.4, -0.2) is 53.9 Å². The van der Waals surface area contributed by atoms with E-state index in [2.05, 4.69) is 21.2 Å². The zero-order valence-electron chi connectivity index (χ0n) is 17.3. The van der Waals surface area contributed by atoms with Gasteiger partial charge in [0.1, 0.15) is 24.9 Å². The minimum absolute atomic E-state index is 0.110. The molecule has 0 bridgehead atoms. The first-order valence-corrected chi connectivity index (χ1v) is 9.82. The molecule has 1 fully saturated rings.